The van der Waals surface area contributed by atoms with Crippen LogP contribution in [0.3, 0.4) is 0 Å². The SMILES string of the molecule is CNC(C)CC(=N)c1nc(-c2ccc3n[nH]c(C)c3c2)nnc1NCc1ccccc1. The molecule has 158 valence electrons. The van der Waals surface area contributed by atoms with Gasteiger partial charge in [0.2, 0.25) is 0 Å². The van der Waals surface area contributed by atoms with Crippen LogP contribution in [0.4, 0.5) is 5.82 Å². The Balaban J connectivity index is 1.69. The van der Waals surface area contributed by atoms with Crippen molar-refractivity contribution in [1.29, 1.82) is 5.41 Å². The second kappa shape index (κ2) is 9.01. The summed E-state index contributed by atoms with van der Waals surface area (Å²) in [5, 5.41) is 32.2. The molecule has 0 spiro atoms. The highest BCUT2D eigenvalue weighted by Gasteiger charge is 2.17. The van der Waals surface area contributed by atoms with E-state index in [0.29, 0.717) is 36.0 Å². The van der Waals surface area contributed by atoms with Gasteiger partial charge >= 0.3 is 0 Å². The molecule has 0 bridgehead atoms. The Labute approximate surface area is 181 Å². The minimum atomic E-state index is 0.151. The van der Waals surface area contributed by atoms with Gasteiger partial charge in [0, 0.05) is 35.7 Å². The minimum absolute atomic E-state index is 0.151. The predicted octanol–water partition coefficient (Wildman–Crippen LogP) is 3.70. The van der Waals surface area contributed by atoms with Crippen LogP contribution in [0.15, 0.2) is 48.5 Å². The zero-order valence-corrected chi connectivity index (χ0v) is 17.9. The van der Waals surface area contributed by atoms with Gasteiger partial charge < -0.3 is 16.0 Å². The molecule has 0 fully saturated rings. The monoisotopic (exact) mass is 414 g/mol. The fourth-order valence-corrected chi connectivity index (χ4v) is 3.34. The lowest BCUT2D eigenvalue weighted by atomic mass is 10.1. The molecule has 8 heteroatoms. The first kappa shape index (κ1) is 20.6. The number of nitrogens with zero attached hydrogens (tertiary/aromatic N) is 4. The van der Waals surface area contributed by atoms with Crippen LogP contribution in [-0.2, 0) is 6.54 Å². The third kappa shape index (κ3) is 4.59. The quantitative estimate of drug-likeness (QED) is 0.327. The van der Waals surface area contributed by atoms with Gasteiger partial charge in [0.05, 0.1) is 11.2 Å². The van der Waals surface area contributed by atoms with Gasteiger partial charge in [0.1, 0.15) is 5.69 Å². The van der Waals surface area contributed by atoms with E-state index in [9.17, 15) is 0 Å². The first-order chi connectivity index (χ1) is 15.0. The lowest BCUT2D eigenvalue weighted by Gasteiger charge is -2.14. The van der Waals surface area contributed by atoms with Gasteiger partial charge in [-0.1, -0.05) is 30.3 Å². The number of hydrogen-bond donors (Lipinski definition) is 4. The second-order valence-electron chi connectivity index (χ2n) is 7.62. The number of nitrogens with one attached hydrogen (secondary N) is 4. The molecule has 4 rings (SSSR count). The first-order valence-corrected chi connectivity index (χ1v) is 10.3. The lowest BCUT2D eigenvalue weighted by molar-refractivity contribution is 0.632. The Morgan fingerprint density at radius 3 is 2.71 bits per heavy atom. The van der Waals surface area contributed by atoms with Crippen LogP contribution in [0, 0.1) is 12.3 Å². The summed E-state index contributed by atoms with van der Waals surface area (Å²) in [5.74, 6) is 1.01. The van der Waals surface area contributed by atoms with E-state index in [2.05, 4.69) is 31.0 Å². The molecule has 0 aliphatic heterocycles. The highest BCUT2D eigenvalue weighted by molar-refractivity contribution is 6.01. The first-order valence-electron chi connectivity index (χ1n) is 10.3. The van der Waals surface area contributed by atoms with Crippen molar-refractivity contribution < 1.29 is 0 Å². The molecular formula is C23H26N8. The number of rotatable bonds is 8. The number of aryl methyl sites for hydroxylation is 1. The third-order valence-electron chi connectivity index (χ3n) is 5.28. The number of anilines is 1. The maximum atomic E-state index is 8.66. The summed E-state index contributed by atoms with van der Waals surface area (Å²) in [6, 6.07) is 16.1. The van der Waals surface area contributed by atoms with Crippen LogP contribution in [0.5, 0.6) is 0 Å². The van der Waals surface area contributed by atoms with Crippen molar-refractivity contribution in [3.63, 3.8) is 0 Å². The maximum Gasteiger partial charge on any atom is 0.182 e. The van der Waals surface area contributed by atoms with Crippen LogP contribution in [0.2, 0.25) is 0 Å². The topological polar surface area (TPSA) is 115 Å². The van der Waals surface area contributed by atoms with Crippen molar-refractivity contribution in [1.82, 2.24) is 30.7 Å². The average molecular weight is 415 g/mol. The molecule has 4 aromatic rings. The van der Waals surface area contributed by atoms with E-state index < -0.39 is 0 Å². The van der Waals surface area contributed by atoms with E-state index >= 15 is 0 Å². The zero-order chi connectivity index (χ0) is 21.8. The lowest BCUT2D eigenvalue weighted by Crippen LogP contribution is -2.25. The number of fused-ring (bicyclic) bond motifs is 1. The normalized spacial score (nSPS) is 12.1. The zero-order valence-electron chi connectivity index (χ0n) is 17.9. The second-order valence-corrected chi connectivity index (χ2v) is 7.62. The summed E-state index contributed by atoms with van der Waals surface area (Å²) in [5.41, 5.74) is 4.78. The standard InChI is InChI=1S/C23H26N8/c1-14(25-3)11-19(24)21-23(26-13-16-7-5-4-6-8-16)31-30-22(27-21)17-9-10-20-18(12-17)15(2)28-29-20/h4-10,12,14,24-25H,11,13H2,1-3H3,(H,26,31)(H,28,29). The number of benzene rings is 2. The van der Waals surface area contributed by atoms with E-state index in [1.165, 1.54) is 0 Å². The van der Waals surface area contributed by atoms with Crippen LogP contribution in [0.1, 0.15) is 30.3 Å². The van der Waals surface area contributed by atoms with Crippen molar-refractivity contribution in [3.8, 4) is 11.4 Å². The summed E-state index contributed by atoms with van der Waals surface area (Å²) in [6.45, 7) is 4.60. The number of H-pyrrole nitrogens is 1. The minimum Gasteiger partial charge on any atom is -0.363 e. The summed E-state index contributed by atoms with van der Waals surface area (Å²) >= 11 is 0. The van der Waals surface area contributed by atoms with Gasteiger partial charge in [-0.05, 0) is 44.7 Å². The fourth-order valence-electron chi connectivity index (χ4n) is 3.34. The van der Waals surface area contributed by atoms with E-state index in [4.69, 9.17) is 10.4 Å². The van der Waals surface area contributed by atoms with Gasteiger partial charge in [-0.3, -0.25) is 5.10 Å². The Kier molecular flexibility index (Phi) is 5.99. The van der Waals surface area contributed by atoms with Crippen molar-refractivity contribution in [2.75, 3.05) is 12.4 Å². The Bertz CT molecular complexity index is 1200. The maximum absolute atomic E-state index is 8.66. The molecule has 0 amide bonds. The van der Waals surface area contributed by atoms with Crippen LogP contribution in [0.25, 0.3) is 22.3 Å². The molecule has 0 radical (unpaired) electrons. The molecule has 0 saturated heterocycles. The smallest absolute Gasteiger partial charge is 0.182 e. The Hall–Kier alpha value is -3.65. The Morgan fingerprint density at radius 1 is 1.13 bits per heavy atom. The van der Waals surface area contributed by atoms with Gasteiger partial charge in [0.25, 0.3) is 0 Å². The van der Waals surface area contributed by atoms with E-state index in [1.807, 2.05) is 69.4 Å². The summed E-state index contributed by atoms with van der Waals surface area (Å²) in [4.78, 5) is 4.74. The average Bonchev–Trinajstić information content (AvgIpc) is 3.18. The van der Waals surface area contributed by atoms with Crippen LogP contribution < -0.4 is 10.6 Å². The largest absolute Gasteiger partial charge is 0.363 e. The molecule has 2 aromatic carbocycles. The molecule has 0 saturated carbocycles. The highest BCUT2D eigenvalue weighted by Crippen LogP contribution is 2.24. The molecule has 1 atom stereocenters. The number of aromatic amines is 1. The summed E-state index contributed by atoms with van der Waals surface area (Å²) < 4.78 is 0. The number of hydrogen-bond acceptors (Lipinski definition) is 7. The molecule has 4 N–H and O–H groups in total. The van der Waals surface area contributed by atoms with Gasteiger partial charge in [0.15, 0.2) is 11.6 Å². The molecule has 0 aliphatic rings. The van der Waals surface area contributed by atoms with Gasteiger partial charge in [-0.25, -0.2) is 4.98 Å². The van der Waals surface area contributed by atoms with E-state index in [0.717, 1.165) is 27.7 Å². The number of aromatic nitrogens is 5. The van der Waals surface area contributed by atoms with Gasteiger partial charge in [-0.15, -0.1) is 10.2 Å². The van der Waals surface area contributed by atoms with Crippen molar-refractivity contribution in [3.05, 3.63) is 65.5 Å². The molecular weight excluding hydrogens is 388 g/mol. The highest BCUT2D eigenvalue weighted by atomic mass is 15.2. The van der Waals surface area contributed by atoms with Crippen LogP contribution >= 0.6 is 0 Å². The van der Waals surface area contributed by atoms with E-state index in [1.54, 1.807) is 0 Å². The van der Waals surface area contributed by atoms with Crippen molar-refractivity contribution >= 4 is 22.4 Å². The summed E-state index contributed by atoms with van der Waals surface area (Å²) in [7, 11) is 1.89. The third-order valence-corrected chi connectivity index (χ3v) is 5.28. The van der Waals surface area contributed by atoms with Gasteiger partial charge in [-0.2, -0.15) is 5.10 Å². The van der Waals surface area contributed by atoms with Crippen molar-refractivity contribution in [2.24, 2.45) is 0 Å². The van der Waals surface area contributed by atoms with Crippen molar-refractivity contribution in [2.45, 2.75) is 32.9 Å². The van der Waals surface area contributed by atoms with E-state index in [-0.39, 0.29) is 6.04 Å². The molecule has 1 unspecified atom stereocenters. The Morgan fingerprint density at radius 2 is 1.94 bits per heavy atom. The molecule has 2 heterocycles. The molecule has 31 heavy (non-hydrogen) atoms. The predicted molar refractivity (Wildman–Crippen MR) is 123 cm³/mol. The molecule has 8 nitrogen and oxygen atoms in total. The molecule has 2 aromatic heterocycles. The fraction of sp³-hybridized carbons (Fsp3) is 0.261. The summed E-state index contributed by atoms with van der Waals surface area (Å²) in [6.07, 6.45) is 0.536. The molecule has 0 aliphatic carbocycles. The van der Waals surface area contributed by atoms with Crippen LogP contribution in [-0.4, -0.2) is 44.2 Å².